The Balaban J connectivity index is 1.32. The highest BCUT2D eigenvalue weighted by molar-refractivity contribution is 5.94. The first-order chi connectivity index (χ1) is 14.2. The number of rotatable bonds is 7. The van der Waals surface area contributed by atoms with Gasteiger partial charge in [0.1, 0.15) is 12.7 Å². The molecule has 4 rings (SSSR count). The van der Waals surface area contributed by atoms with Gasteiger partial charge in [-0.05, 0) is 35.2 Å². The van der Waals surface area contributed by atoms with Gasteiger partial charge in [0.2, 0.25) is 5.91 Å². The van der Waals surface area contributed by atoms with Gasteiger partial charge in [-0.2, -0.15) is 5.10 Å². The lowest BCUT2D eigenvalue weighted by molar-refractivity contribution is -0.128. The van der Waals surface area contributed by atoms with Crippen molar-refractivity contribution in [1.29, 1.82) is 0 Å². The molecule has 0 spiro atoms. The van der Waals surface area contributed by atoms with E-state index in [0.29, 0.717) is 31.6 Å². The van der Waals surface area contributed by atoms with E-state index in [0.717, 1.165) is 29.7 Å². The van der Waals surface area contributed by atoms with Gasteiger partial charge in [0.05, 0.1) is 6.54 Å². The van der Waals surface area contributed by atoms with Crippen molar-refractivity contribution in [3.8, 4) is 0 Å². The molecule has 29 heavy (non-hydrogen) atoms. The van der Waals surface area contributed by atoms with Crippen molar-refractivity contribution in [2.45, 2.75) is 32.5 Å². The van der Waals surface area contributed by atoms with Crippen LogP contribution >= 0.6 is 0 Å². The minimum Gasteiger partial charge on any atom is -0.348 e. The summed E-state index contributed by atoms with van der Waals surface area (Å²) in [6.07, 6.45) is 4.74. The minimum atomic E-state index is -0.113. The van der Waals surface area contributed by atoms with Gasteiger partial charge in [-0.3, -0.25) is 9.59 Å². The average molecular weight is 389 g/mol. The second kappa shape index (κ2) is 8.68. The Labute approximate surface area is 169 Å². The van der Waals surface area contributed by atoms with Crippen molar-refractivity contribution in [1.82, 2.24) is 25.0 Å². The molecule has 7 nitrogen and oxygen atoms in total. The van der Waals surface area contributed by atoms with E-state index in [9.17, 15) is 9.59 Å². The lowest BCUT2D eigenvalue weighted by Crippen LogP contribution is -2.24. The van der Waals surface area contributed by atoms with Crippen LogP contribution in [0.5, 0.6) is 0 Å². The molecule has 0 unspecified atom stereocenters. The third-order valence-corrected chi connectivity index (χ3v) is 5.02. The zero-order chi connectivity index (χ0) is 20.1. The quantitative estimate of drug-likeness (QED) is 0.673. The fourth-order valence-corrected chi connectivity index (χ4v) is 3.48. The molecule has 1 saturated heterocycles. The standard InChI is InChI=1S/C22H23N5O2/c28-21-5-2-10-26(21)13-19-4-1-3-18(11-19)12-24-22(29)20-8-6-17(7-9-20)14-27-16-23-15-25-27/h1,3-4,6-9,11,15-16H,2,5,10,12-14H2,(H,24,29). The van der Waals surface area contributed by atoms with Crippen LogP contribution in [0.15, 0.2) is 61.2 Å². The summed E-state index contributed by atoms with van der Waals surface area (Å²) in [7, 11) is 0. The smallest absolute Gasteiger partial charge is 0.251 e. The molecule has 0 aliphatic carbocycles. The van der Waals surface area contributed by atoms with E-state index in [-0.39, 0.29) is 11.8 Å². The van der Waals surface area contributed by atoms with Gasteiger partial charge < -0.3 is 10.2 Å². The van der Waals surface area contributed by atoms with Gasteiger partial charge in [0.15, 0.2) is 0 Å². The number of hydrogen-bond acceptors (Lipinski definition) is 4. The number of nitrogens with zero attached hydrogens (tertiary/aromatic N) is 4. The van der Waals surface area contributed by atoms with E-state index in [1.54, 1.807) is 11.0 Å². The fourth-order valence-electron chi connectivity index (χ4n) is 3.48. The van der Waals surface area contributed by atoms with Crippen molar-refractivity contribution in [2.24, 2.45) is 0 Å². The van der Waals surface area contributed by atoms with Crippen LogP contribution in [0.25, 0.3) is 0 Å². The summed E-state index contributed by atoms with van der Waals surface area (Å²) in [6, 6.07) is 15.5. The molecule has 2 amide bonds. The third-order valence-electron chi connectivity index (χ3n) is 5.02. The fraction of sp³-hybridized carbons (Fsp3) is 0.273. The van der Waals surface area contributed by atoms with Gasteiger partial charge in [-0.25, -0.2) is 9.67 Å². The highest BCUT2D eigenvalue weighted by Gasteiger charge is 2.19. The molecule has 2 heterocycles. The van der Waals surface area contributed by atoms with Crippen molar-refractivity contribution >= 4 is 11.8 Å². The topological polar surface area (TPSA) is 80.1 Å². The molecular weight excluding hydrogens is 366 g/mol. The summed E-state index contributed by atoms with van der Waals surface area (Å²) in [4.78, 5) is 30.1. The van der Waals surface area contributed by atoms with Crippen LogP contribution in [0.4, 0.5) is 0 Å². The van der Waals surface area contributed by atoms with Crippen LogP contribution < -0.4 is 5.32 Å². The molecule has 1 aliphatic rings. The van der Waals surface area contributed by atoms with Gasteiger partial charge >= 0.3 is 0 Å². The molecular formula is C22H23N5O2. The lowest BCUT2D eigenvalue weighted by Gasteiger charge is -2.16. The highest BCUT2D eigenvalue weighted by atomic mass is 16.2. The van der Waals surface area contributed by atoms with Crippen LogP contribution in [-0.2, 0) is 24.4 Å². The molecule has 7 heteroatoms. The predicted octanol–water partition coefficient (Wildman–Crippen LogP) is 2.38. The maximum Gasteiger partial charge on any atom is 0.251 e. The number of benzene rings is 2. The first kappa shape index (κ1) is 18.9. The van der Waals surface area contributed by atoms with Crippen LogP contribution in [0.1, 0.15) is 39.9 Å². The van der Waals surface area contributed by atoms with Crippen LogP contribution in [0, 0.1) is 0 Å². The summed E-state index contributed by atoms with van der Waals surface area (Å²) >= 11 is 0. The molecule has 1 fully saturated rings. The molecule has 0 saturated carbocycles. The Bertz CT molecular complexity index is 983. The monoisotopic (exact) mass is 389 g/mol. The zero-order valence-corrected chi connectivity index (χ0v) is 16.1. The normalized spacial score (nSPS) is 13.7. The number of carbonyl (C=O) groups excluding carboxylic acids is 2. The molecule has 1 aliphatic heterocycles. The predicted molar refractivity (Wildman–Crippen MR) is 108 cm³/mol. The van der Waals surface area contributed by atoms with Crippen LogP contribution in [-0.4, -0.2) is 38.0 Å². The average Bonchev–Trinajstić information content (AvgIpc) is 3.39. The lowest BCUT2D eigenvalue weighted by atomic mass is 10.1. The number of aromatic nitrogens is 3. The summed E-state index contributed by atoms with van der Waals surface area (Å²) in [5.74, 6) is 0.105. The molecule has 0 bridgehead atoms. The van der Waals surface area contributed by atoms with Crippen LogP contribution in [0.2, 0.25) is 0 Å². The maximum atomic E-state index is 12.5. The van der Waals surface area contributed by atoms with Gasteiger partial charge in [-0.1, -0.05) is 36.4 Å². The maximum absolute atomic E-state index is 12.5. The Morgan fingerprint density at radius 2 is 1.86 bits per heavy atom. The highest BCUT2D eigenvalue weighted by Crippen LogP contribution is 2.15. The Morgan fingerprint density at radius 3 is 2.59 bits per heavy atom. The summed E-state index contributed by atoms with van der Waals surface area (Å²) in [6.45, 7) is 2.52. The van der Waals surface area contributed by atoms with Crippen molar-refractivity contribution in [3.05, 3.63) is 83.4 Å². The molecule has 0 atom stereocenters. The Morgan fingerprint density at radius 1 is 1.03 bits per heavy atom. The Hall–Kier alpha value is -3.48. The number of carbonyl (C=O) groups is 2. The summed E-state index contributed by atoms with van der Waals surface area (Å²) in [5, 5.41) is 7.04. The van der Waals surface area contributed by atoms with Gasteiger partial charge in [-0.15, -0.1) is 0 Å². The van der Waals surface area contributed by atoms with Crippen molar-refractivity contribution in [2.75, 3.05) is 6.54 Å². The van der Waals surface area contributed by atoms with E-state index in [1.165, 1.54) is 6.33 Å². The SMILES string of the molecule is O=C(NCc1cccc(CN2CCCC2=O)c1)c1ccc(Cn2cncn2)cc1. The number of likely N-dealkylation sites (tertiary alicyclic amines) is 1. The molecule has 3 aromatic rings. The van der Waals surface area contributed by atoms with Crippen molar-refractivity contribution < 1.29 is 9.59 Å². The Kier molecular flexibility index (Phi) is 5.65. The van der Waals surface area contributed by atoms with Crippen molar-refractivity contribution in [3.63, 3.8) is 0 Å². The molecule has 2 aromatic carbocycles. The molecule has 1 N–H and O–H groups in total. The molecule has 1 aromatic heterocycles. The number of hydrogen-bond donors (Lipinski definition) is 1. The van der Waals surface area contributed by atoms with E-state index in [1.807, 2.05) is 53.4 Å². The summed E-state index contributed by atoms with van der Waals surface area (Å²) in [5.41, 5.74) is 3.78. The van der Waals surface area contributed by atoms with E-state index in [2.05, 4.69) is 15.4 Å². The molecule has 0 radical (unpaired) electrons. The second-order valence-electron chi connectivity index (χ2n) is 7.21. The molecule has 148 valence electrons. The van der Waals surface area contributed by atoms with E-state index in [4.69, 9.17) is 0 Å². The van der Waals surface area contributed by atoms with E-state index < -0.39 is 0 Å². The zero-order valence-electron chi connectivity index (χ0n) is 16.1. The van der Waals surface area contributed by atoms with Gasteiger partial charge in [0, 0.05) is 31.6 Å². The number of amides is 2. The third kappa shape index (κ3) is 4.87. The van der Waals surface area contributed by atoms with Gasteiger partial charge in [0.25, 0.3) is 5.91 Å². The largest absolute Gasteiger partial charge is 0.348 e. The second-order valence-corrected chi connectivity index (χ2v) is 7.21. The minimum absolute atomic E-state index is 0.113. The first-order valence-electron chi connectivity index (χ1n) is 9.72. The first-order valence-corrected chi connectivity index (χ1v) is 9.72. The summed E-state index contributed by atoms with van der Waals surface area (Å²) < 4.78 is 1.73. The van der Waals surface area contributed by atoms with E-state index >= 15 is 0 Å². The van der Waals surface area contributed by atoms with Crippen LogP contribution in [0.3, 0.4) is 0 Å². The number of nitrogens with one attached hydrogen (secondary N) is 1.